The number of methoxy groups -OCH3 is 1. The number of likely N-dealkylation sites (N-methyl/N-ethyl adjacent to an activating group) is 1. The van der Waals surface area contributed by atoms with Gasteiger partial charge in [0.05, 0.1) is 11.7 Å². The summed E-state index contributed by atoms with van der Waals surface area (Å²) in [6.07, 6.45) is -0.114. The number of nitrogens with zero attached hydrogens (tertiary/aromatic N) is 1. The first kappa shape index (κ1) is 23.7. The monoisotopic (exact) mass is 443 g/mol. The van der Waals surface area contributed by atoms with Crippen LogP contribution < -0.4 is 15.4 Å². The van der Waals surface area contributed by atoms with Gasteiger partial charge in [0, 0.05) is 50.6 Å². The van der Waals surface area contributed by atoms with E-state index in [-0.39, 0.29) is 29.5 Å². The van der Waals surface area contributed by atoms with Crippen LogP contribution in [0.15, 0.2) is 42.5 Å². The van der Waals surface area contributed by atoms with Crippen LogP contribution in [-0.2, 0) is 4.74 Å². The van der Waals surface area contributed by atoms with Crippen molar-refractivity contribution < 1.29 is 23.5 Å². The van der Waals surface area contributed by atoms with Gasteiger partial charge in [0.15, 0.2) is 0 Å². The lowest BCUT2D eigenvalue weighted by atomic mass is 10.0. The molecule has 0 spiro atoms. The van der Waals surface area contributed by atoms with E-state index in [1.165, 1.54) is 24.3 Å². The van der Waals surface area contributed by atoms with E-state index in [4.69, 9.17) is 9.47 Å². The molecule has 1 heterocycles. The fourth-order valence-electron chi connectivity index (χ4n) is 3.57. The number of nitrogens with one attached hydrogen (secondary N) is 2. The molecule has 0 saturated heterocycles. The van der Waals surface area contributed by atoms with E-state index in [0.717, 1.165) is 6.54 Å². The van der Waals surface area contributed by atoms with Crippen LogP contribution in [0.3, 0.4) is 0 Å². The number of hydrogen-bond acceptors (Lipinski definition) is 5. The molecule has 8 heteroatoms. The van der Waals surface area contributed by atoms with E-state index < -0.39 is 11.7 Å². The summed E-state index contributed by atoms with van der Waals surface area (Å²) in [4.78, 5) is 27.2. The van der Waals surface area contributed by atoms with Gasteiger partial charge >= 0.3 is 0 Å². The van der Waals surface area contributed by atoms with E-state index >= 15 is 0 Å². The minimum absolute atomic E-state index is 0.0422. The van der Waals surface area contributed by atoms with Crippen molar-refractivity contribution in [1.29, 1.82) is 0 Å². The molecule has 0 fully saturated rings. The summed E-state index contributed by atoms with van der Waals surface area (Å²) in [5.74, 6) is -0.559. The van der Waals surface area contributed by atoms with Gasteiger partial charge < -0.3 is 25.0 Å². The van der Waals surface area contributed by atoms with Crippen LogP contribution >= 0.6 is 0 Å². The molecule has 0 radical (unpaired) electrons. The van der Waals surface area contributed by atoms with Crippen LogP contribution in [0.4, 0.5) is 10.1 Å². The third kappa shape index (κ3) is 5.83. The highest BCUT2D eigenvalue weighted by Crippen LogP contribution is 2.26. The van der Waals surface area contributed by atoms with E-state index in [9.17, 15) is 14.0 Å². The predicted molar refractivity (Wildman–Crippen MR) is 121 cm³/mol. The van der Waals surface area contributed by atoms with Crippen LogP contribution in [0.2, 0.25) is 0 Å². The Morgan fingerprint density at radius 2 is 2.03 bits per heavy atom. The largest absolute Gasteiger partial charge is 0.491 e. The second-order valence-corrected chi connectivity index (χ2v) is 8.23. The quantitative estimate of drug-likeness (QED) is 0.762. The lowest BCUT2D eigenvalue weighted by molar-refractivity contribution is 0.0281. The van der Waals surface area contributed by atoms with Crippen molar-refractivity contribution in [2.75, 3.05) is 39.2 Å². The third-order valence-corrected chi connectivity index (χ3v) is 5.57. The zero-order chi connectivity index (χ0) is 23.3. The van der Waals surface area contributed by atoms with Crippen molar-refractivity contribution >= 4 is 17.5 Å². The smallest absolute Gasteiger partial charge is 0.257 e. The van der Waals surface area contributed by atoms with Gasteiger partial charge in [-0.15, -0.1) is 0 Å². The summed E-state index contributed by atoms with van der Waals surface area (Å²) in [5.41, 5.74) is 1.04. The van der Waals surface area contributed by atoms with Gasteiger partial charge in [-0.1, -0.05) is 13.0 Å². The molecule has 3 atom stereocenters. The topological polar surface area (TPSA) is 79.9 Å². The Balaban J connectivity index is 1.87. The highest BCUT2D eigenvalue weighted by atomic mass is 19.1. The molecular formula is C24H30FN3O4. The van der Waals surface area contributed by atoms with Crippen molar-refractivity contribution in [3.05, 3.63) is 59.4 Å². The summed E-state index contributed by atoms with van der Waals surface area (Å²) in [6.45, 7) is 5.59. The molecule has 32 heavy (non-hydrogen) atoms. The van der Waals surface area contributed by atoms with Gasteiger partial charge in [0.25, 0.3) is 11.8 Å². The number of ether oxygens (including phenoxy) is 2. The molecular weight excluding hydrogens is 413 g/mol. The van der Waals surface area contributed by atoms with Crippen molar-refractivity contribution in [2.24, 2.45) is 5.92 Å². The molecule has 1 aliphatic rings. The summed E-state index contributed by atoms with van der Waals surface area (Å²) in [5, 5.41) is 6.17. The number of benzene rings is 2. The van der Waals surface area contributed by atoms with Gasteiger partial charge in [-0.3, -0.25) is 9.59 Å². The second kappa shape index (κ2) is 10.6. The standard InChI is InChI=1S/C24H30FN3O4/c1-15-12-26-16(2)14-32-21-11-19(27-23(29)17-6-5-7-18(25)10-17)8-9-20(21)24(30)28(3)13-22(15)31-4/h5-11,15-16,22,26H,12-14H2,1-4H3,(H,27,29)/t15-,16-,22-/m1/s1. The van der Waals surface area contributed by atoms with Crippen LogP contribution in [0.5, 0.6) is 5.75 Å². The molecule has 2 aromatic carbocycles. The summed E-state index contributed by atoms with van der Waals surface area (Å²) in [6, 6.07) is 10.4. The van der Waals surface area contributed by atoms with Gasteiger partial charge in [-0.25, -0.2) is 4.39 Å². The molecule has 0 saturated carbocycles. The number of hydrogen-bond donors (Lipinski definition) is 2. The van der Waals surface area contributed by atoms with E-state index in [2.05, 4.69) is 17.6 Å². The number of amides is 2. The Morgan fingerprint density at radius 1 is 1.25 bits per heavy atom. The highest BCUT2D eigenvalue weighted by molar-refractivity contribution is 6.05. The molecule has 0 bridgehead atoms. The Bertz CT molecular complexity index is 968. The lowest BCUT2D eigenvalue weighted by Gasteiger charge is -2.30. The van der Waals surface area contributed by atoms with E-state index in [0.29, 0.717) is 30.2 Å². The van der Waals surface area contributed by atoms with E-state index in [1.807, 2.05) is 6.92 Å². The Morgan fingerprint density at radius 3 is 2.75 bits per heavy atom. The molecule has 3 rings (SSSR count). The number of anilines is 1. The molecule has 1 aliphatic heterocycles. The zero-order valence-electron chi connectivity index (χ0n) is 18.9. The number of carbonyl (C=O) groups is 2. The Kier molecular flexibility index (Phi) is 7.82. The molecule has 172 valence electrons. The lowest BCUT2D eigenvalue weighted by Crippen LogP contribution is -2.44. The number of halogens is 1. The van der Waals surface area contributed by atoms with Crippen LogP contribution in [0, 0.1) is 11.7 Å². The van der Waals surface area contributed by atoms with Crippen molar-refractivity contribution in [1.82, 2.24) is 10.2 Å². The maximum atomic E-state index is 13.4. The highest BCUT2D eigenvalue weighted by Gasteiger charge is 2.25. The summed E-state index contributed by atoms with van der Waals surface area (Å²) < 4.78 is 25.0. The van der Waals surface area contributed by atoms with Crippen molar-refractivity contribution in [3.8, 4) is 5.75 Å². The summed E-state index contributed by atoms with van der Waals surface area (Å²) >= 11 is 0. The molecule has 0 unspecified atom stereocenters. The van der Waals surface area contributed by atoms with Crippen molar-refractivity contribution in [3.63, 3.8) is 0 Å². The number of fused-ring (bicyclic) bond motifs is 1. The van der Waals surface area contributed by atoms with E-state index in [1.54, 1.807) is 37.3 Å². The molecule has 7 nitrogen and oxygen atoms in total. The van der Waals surface area contributed by atoms with Gasteiger partial charge in [0.1, 0.15) is 18.2 Å². The molecule has 2 N–H and O–H groups in total. The third-order valence-electron chi connectivity index (χ3n) is 5.57. The fourth-order valence-corrected chi connectivity index (χ4v) is 3.57. The first-order valence-corrected chi connectivity index (χ1v) is 10.6. The first-order valence-electron chi connectivity index (χ1n) is 10.6. The summed E-state index contributed by atoms with van der Waals surface area (Å²) in [7, 11) is 3.38. The Labute approximate surface area is 187 Å². The van der Waals surface area contributed by atoms with Gasteiger partial charge in [0.2, 0.25) is 0 Å². The van der Waals surface area contributed by atoms with Crippen molar-refractivity contribution in [2.45, 2.75) is 26.0 Å². The SMILES string of the molecule is CO[C@@H]1CN(C)C(=O)c2ccc(NC(=O)c3cccc(F)c3)cc2OC[C@@H](C)NC[C@H]1C. The fraction of sp³-hybridized carbons (Fsp3) is 0.417. The average molecular weight is 444 g/mol. The van der Waals surface area contributed by atoms with Gasteiger partial charge in [-0.05, 0) is 43.2 Å². The minimum atomic E-state index is -0.489. The Hall–Kier alpha value is -2.97. The zero-order valence-corrected chi connectivity index (χ0v) is 18.9. The van der Waals surface area contributed by atoms with Crippen LogP contribution in [-0.4, -0.2) is 62.7 Å². The maximum Gasteiger partial charge on any atom is 0.257 e. The molecule has 0 aliphatic carbocycles. The van der Waals surface area contributed by atoms with Crippen LogP contribution in [0.1, 0.15) is 34.6 Å². The van der Waals surface area contributed by atoms with Crippen LogP contribution in [0.25, 0.3) is 0 Å². The van der Waals surface area contributed by atoms with Gasteiger partial charge in [-0.2, -0.15) is 0 Å². The normalized spacial score (nSPS) is 22.2. The maximum absolute atomic E-state index is 13.4. The number of rotatable bonds is 3. The molecule has 2 aromatic rings. The minimum Gasteiger partial charge on any atom is -0.491 e. The number of carbonyl (C=O) groups excluding carboxylic acids is 2. The average Bonchev–Trinajstić information content (AvgIpc) is 2.78. The molecule has 0 aromatic heterocycles. The predicted octanol–water partition coefficient (Wildman–Crippen LogP) is 3.17. The first-order chi connectivity index (χ1) is 15.3. The molecule has 2 amide bonds. The second-order valence-electron chi connectivity index (χ2n) is 8.23.